The number of hydrogen-bond donors (Lipinski definition) is 0. The van der Waals surface area contributed by atoms with Gasteiger partial charge in [0.05, 0.1) is 16.4 Å². The summed E-state index contributed by atoms with van der Waals surface area (Å²) in [5.74, 6) is 0. The Morgan fingerprint density at radius 2 is 2.45 bits per heavy atom. The van der Waals surface area contributed by atoms with E-state index in [0.717, 1.165) is 10.2 Å². The molecular formula is C7H6N2OS. The molecule has 0 amide bonds. The first-order valence-corrected chi connectivity index (χ1v) is 4.00. The molecular weight excluding hydrogens is 160 g/mol. The first-order chi connectivity index (χ1) is 5.29. The van der Waals surface area contributed by atoms with E-state index in [0.29, 0.717) is 0 Å². The third-order valence-electron chi connectivity index (χ3n) is 1.59. The molecule has 0 spiro atoms. The Morgan fingerprint density at radius 3 is 3.18 bits per heavy atom. The smallest absolute Gasteiger partial charge is 0.300 e. The quantitative estimate of drug-likeness (QED) is 0.585. The van der Waals surface area contributed by atoms with Crippen molar-refractivity contribution in [3.63, 3.8) is 0 Å². The molecule has 0 aliphatic carbocycles. The fourth-order valence-electron chi connectivity index (χ4n) is 0.972. The van der Waals surface area contributed by atoms with Crippen molar-refractivity contribution in [2.45, 2.75) is 0 Å². The largest absolute Gasteiger partial charge is 0.307 e. The fourth-order valence-corrected chi connectivity index (χ4v) is 1.82. The molecule has 0 bridgehead atoms. The number of hydrogen-bond acceptors (Lipinski definition) is 3. The van der Waals surface area contributed by atoms with Gasteiger partial charge in [-0.2, -0.15) is 0 Å². The molecule has 11 heavy (non-hydrogen) atoms. The van der Waals surface area contributed by atoms with Crippen molar-refractivity contribution in [2.24, 2.45) is 7.05 Å². The summed E-state index contributed by atoms with van der Waals surface area (Å²) in [4.78, 5) is 15.1. The van der Waals surface area contributed by atoms with Gasteiger partial charge in [-0.1, -0.05) is 11.3 Å². The Bertz CT molecular complexity index is 443. The van der Waals surface area contributed by atoms with Gasteiger partial charge in [-0.05, 0) is 6.07 Å². The molecule has 0 N–H and O–H groups in total. The van der Waals surface area contributed by atoms with Gasteiger partial charge in [0.1, 0.15) is 0 Å². The van der Waals surface area contributed by atoms with E-state index < -0.39 is 0 Å². The minimum Gasteiger partial charge on any atom is -0.300 e. The number of aromatic nitrogens is 2. The summed E-state index contributed by atoms with van der Waals surface area (Å²) in [6.07, 6.45) is 3.39. The Labute approximate surface area is 66.9 Å². The van der Waals surface area contributed by atoms with Gasteiger partial charge in [0.25, 0.3) is 0 Å². The molecule has 2 rings (SSSR count). The number of rotatable bonds is 0. The van der Waals surface area contributed by atoms with E-state index in [2.05, 4.69) is 4.98 Å². The monoisotopic (exact) mass is 166 g/mol. The van der Waals surface area contributed by atoms with Crippen molar-refractivity contribution < 1.29 is 0 Å². The van der Waals surface area contributed by atoms with E-state index in [1.54, 1.807) is 24.0 Å². The van der Waals surface area contributed by atoms with Crippen LogP contribution in [0.5, 0.6) is 0 Å². The lowest BCUT2D eigenvalue weighted by Crippen LogP contribution is -2.06. The number of pyridine rings is 1. The van der Waals surface area contributed by atoms with E-state index in [-0.39, 0.29) is 4.87 Å². The van der Waals surface area contributed by atoms with Gasteiger partial charge in [-0.15, -0.1) is 0 Å². The van der Waals surface area contributed by atoms with Crippen LogP contribution in [0.15, 0.2) is 23.3 Å². The van der Waals surface area contributed by atoms with Gasteiger partial charge in [0.15, 0.2) is 0 Å². The number of nitrogens with zero attached hydrogens (tertiary/aromatic N) is 2. The Kier molecular flexibility index (Phi) is 1.29. The third-order valence-corrected chi connectivity index (χ3v) is 2.61. The van der Waals surface area contributed by atoms with Gasteiger partial charge < -0.3 is 4.57 Å². The van der Waals surface area contributed by atoms with Crippen LogP contribution in [-0.4, -0.2) is 9.55 Å². The van der Waals surface area contributed by atoms with Crippen LogP contribution in [0, 0.1) is 0 Å². The molecule has 56 valence electrons. The highest BCUT2D eigenvalue weighted by atomic mass is 32.1. The molecule has 0 saturated carbocycles. The van der Waals surface area contributed by atoms with Crippen molar-refractivity contribution in [3.8, 4) is 0 Å². The summed E-state index contributed by atoms with van der Waals surface area (Å²) < 4.78 is 2.60. The van der Waals surface area contributed by atoms with Crippen LogP contribution in [0.1, 0.15) is 0 Å². The van der Waals surface area contributed by atoms with Gasteiger partial charge in [0, 0.05) is 13.2 Å². The third kappa shape index (κ3) is 0.867. The van der Waals surface area contributed by atoms with Crippen molar-refractivity contribution >= 4 is 21.6 Å². The first-order valence-electron chi connectivity index (χ1n) is 3.18. The summed E-state index contributed by atoms with van der Waals surface area (Å²) in [5, 5.41) is 0. The summed E-state index contributed by atoms with van der Waals surface area (Å²) >= 11 is 1.25. The van der Waals surface area contributed by atoms with E-state index in [1.807, 2.05) is 6.07 Å². The van der Waals surface area contributed by atoms with Crippen LogP contribution < -0.4 is 4.87 Å². The molecule has 4 heteroatoms. The van der Waals surface area contributed by atoms with E-state index >= 15 is 0 Å². The topological polar surface area (TPSA) is 34.9 Å². The SMILES string of the molecule is Cn1c(=O)sc2ccncc21. The lowest BCUT2D eigenvalue weighted by Gasteiger charge is -1.89. The van der Waals surface area contributed by atoms with Crippen molar-refractivity contribution in [2.75, 3.05) is 0 Å². The minimum atomic E-state index is 0.0630. The molecule has 0 aromatic carbocycles. The van der Waals surface area contributed by atoms with Crippen LogP contribution in [0.4, 0.5) is 0 Å². The summed E-state index contributed by atoms with van der Waals surface area (Å²) in [6.45, 7) is 0. The zero-order valence-corrected chi connectivity index (χ0v) is 6.76. The second-order valence-corrected chi connectivity index (χ2v) is 3.26. The molecule has 2 heterocycles. The van der Waals surface area contributed by atoms with E-state index in [9.17, 15) is 4.79 Å². The minimum absolute atomic E-state index is 0.0630. The average molecular weight is 166 g/mol. The van der Waals surface area contributed by atoms with Crippen LogP contribution in [-0.2, 0) is 7.05 Å². The number of fused-ring (bicyclic) bond motifs is 1. The highest BCUT2D eigenvalue weighted by molar-refractivity contribution is 7.16. The van der Waals surface area contributed by atoms with Gasteiger partial charge >= 0.3 is 4.87 Å². The molecule has 0 radical (unpaired) electrons. The van der Waals surface area contributed by atoms with Crippen molar-refractivity contribution in [3.05, 3.63) is 28.1 Å². The zero-order chi connectivity index (χ0) is 7.84. The lowest BCUT2D eigenvalue weighted by molar-refractivity contribution is 0.935. The molecule has 0 unspecified atom stereocenters. The standard InChI is InChI=1S/C7H6N2OS/c1-9-5-4-8-3-2-6(5)11-7(9)10/h2-4H,1H3. The average Bonchev–Trinajstić information content (AvgIpc) is 2.30. The number of thiazole rings is 1. The van der Waals surface area contributed by atoms with Gasteiger partial charge in [-0.25, -0.2) is 0 Å². The van der Waals surface area contributed by atoms with Crippen LogP contribution >= 0.6 is 11.3 Å². The summed E-state index contributed by atoms with van der Waals surface area (Å²) in [7, 11) is 1.75. The molecule has 2 aromatic rings. The lowest BCUT2D eigenvalue weighted by atomic mass is 10.4. The normalized spacial score (nSPS) is 10.6. The molecule has 0 atom stereocenters. The Balaban J connectivity index is 3.04. The van der Waals surface area contributed by atoms with Crippen LogP contribution in [0.2, 0.25) is 0 Å². The zero-order valence-electron chi connectivity index (χ0n) is 5.94. The maximum atomic E-state index is 11.1. The van der Waals surface area contributed by atoms with Gasteiger partial charge in [-0.3, -0.25) is 9.78 Å². The highest BCUT2D eigenvalue weighted by Gasteiger charge is 2.00. The van der Waals surface area contributed by atoms with Gasteiger partial charge in [0.2, 0.25) is 0 Å². The van der Waals surface area contributed by atoms with E-state index in [4.69, 9.17) is 0 Å². The number of aryl methyl sites for hydroxylation is 1. The molecule has 0 fully saturated rings. The molecule has 2 aromatic heterocycles. The van der Waals surface area contributed by atoms with E-state index in [1.165, 1.54) is 11.3 Å². The highest BCUT2D eigenvalue weighted by Crippen LogP contribution is 2.12. The molecule has 0 aliphatic heterocycles. The Morgan fingerprint density at radius 1 is 1.64 bits per heavy atom. The summed E-state index contributed by atoms with van der Waals surface area (Å²) in [6, 6.07) is 1.85. The predicted octanol–water partition coefficient (Wildman–Crippen LogP) is 0.995. The molecule has 0 saturated heterocycles. The molecule has 0 aliphatic rings. The first kappa shape index (κ1) is 6.54. The van der Waals surface area contributed by atoms with Crippen LogP contribution in [0.3, 0.4) is 0 Å². The predicted molar refractivity (Wildman–Crippen MR) is 44.9 cm³/mol. The second kappa shape index (κ2) is 2.17. The second-order valence-electron chi connectivity index (χ2n) is 2.27. The molecule has 3 nitrogen and oxygen atoms in total. The fraction of sp³-hybridized carbons (Fsp3) is 0.143. The Hall–Kier alpha value is -1.16. The van der Waals surface area contributed by atoms with Crippen molar-refractivity contribution in [1.29, 1.82) is 0 Å². The summed E-state index contributed by atoms with van der Waals surface area (Å²) in [5.41, 5.74) is 0.905. The maximum absolute atomic E-state index is 11.1. The maximum Gasteiger partial charge on any atom is 0.307 e. The van der Waals surface area contributed by atoms with Crippen molar-refractivity contribution in [1.82, 2.24) is 9.55 Å². The van der Waals surface area contributed by atoms with Crippen LogP contribution in [0.25, 0.3) is 10.2 Å².